The zero-order chi connectivity index (χ0) is 16.3. The van der Waals surface area contributed by atoms with Crippen molar-refractivity contribution in [2.24, 2.45) is 0 Å². The predicted octanol–water partition coefficient (Wildman–Crippen LogP) is 0.274. The van der Waals surface area contributed by atoms with Crippen LogP contribution in [0.2, 0.25) is 0 Å². The highest BCUT2D eigenvalue weighted by Crippen LogP contribution is 2.11. The quantitative estimate of drug-likeness (QED) is 0.614. The van der Waals surface area contributed by atoms with Crippen LogP contribution in [0.25, 0.3) is 0 Å². The Balaban J connectivity index is 1.71. The number of ether oxygens (including phenoxy) is 3. The molecule has 0 radical (unpaired) electrons. The minimum Gasteiger partial charge on any atom is -0.385 e. The van der Waals surface area contributed by atoms with Gasteiger partial charge in [0.05, 0.1) is 25.9 Å². The Morgan fingerprint density at radius 2 is 2.17 bits per heavy atom. The van der Waals surface area contributed by atoms with Crippen molar-refractivity contribution in [3.63, 3.8) is 0 Å². The number of nitrogens with one attached hydrogen (secondary N) is 1. The molecule has 1 heterocycles. The van der Waals surface area contributed by atoms with E-state index in [2.05, 4.69) is 12.1 Å². The van der Waals surface area contributed by atoms with Crippen molar-refractivity contribution in [2.45, 2.75) is 31.6 Å². The lowest BCUT2D eigenvalue weighted by molar-refractivity contribution is -0.917. The van der Waals surface area contributed by atoms with E-state index in [4.69, 9.17) is 14.2 Å². The first-order chi connectivity index (χ1) is 11.3. The molecule has 1 aromatic carbocycles. The summed E-state index contributed by atoms with van der Waals surface area (Å²) >= 11 is 0. The average Bonchev–Trinajstić information content (AvgIpc) is 3.07. The molecule has 0 spiro atoms. The molecule has 130 valence electrons. The SMILES string of the molecule is COCC[NH+](Cc1ccccc1)C[C@@H](O)COC[C@@H]1CCCO1. The molecule has 1 aliphatic heterocycles. The molecule has 2 rings (SSSR count). The number of benzene rings is 1. The minimum atomic E-state index is -0.466. The number of aliphatic hydroxyl groups is 1. The molecule has 1 saturated heterocycles. The summed E-state index contributed by atoms with van der Waals surface area (Å²) in [5.74, 6) is 0. The number of methoxy groups -OCH3 is 1. The van der Waals surface area contributed by atoms with Crippen molar-refractivity contribution >= 4 is 0 Å². The Morgan fingerprint density at radius 3 is 2.87 bits per heavy atom. The summed E-state index contributed by atoms with van der Waals surface area (Å²) in [6, 6.07) is 10.3. The number of aliphatic hydroxyl groups excluding tert-OH is 1. The Kier molecular flexibility index (Phi) is 8.57. The highest BCUT2D eigenvalue weighted by atomic mass is 16.5. The fourth-order valence-corrected chi connectivity index (χ4v) is 2.90. The minimum absolute atomic E-state index is 0.212. The van der Waals surface area contributed by atoms with Crippen LogP contribution < -0.4 is 4.90 Å². The van der Waals surface area contributed by atoms with Gasteiger partial charge in [-0.15, -0.1) is 0 Å². The fraction of sp³-hybridized carbons (Fsp3) is 0.667. The number of hydrogen-bond donors (Lipinski definition) is 2. The maximum Gasteiger partial charge on any atom is 0.126 e. The fourth-order valence-electron chi connectivity index (χ4n) is 2.90. The molecule has 5 heteroatoms. The highest BCUT2D eigenvalue weighted by molar-refractivity contribution is 5.13. The monoisotopic (exact) mass is 324 g/mol. The Bertz CT molecular complexity index is 409. The van der Waals surface area contributed by atoms with Gasteiger partial charge in [0.1, 0.15) is 25.7 Å². The van der Waals surface area contributed by atoms with Crippen LogP contribution in [0.5, 0.6) is 0 Å². The molecule has 1 fully saturated rings. The number of quaternary nitrogens is 1. The van der Waals surface area contributed by atoms with E-state index in [0.717, 1.165) is 32.5 Å². The van der Waals surface area contributed by atoms with Crippen LogP contribution in [-0.2, 0) is 20.8 Å². The van der Waals surface area contributed by atoms with Gasteiger partial charge in [0.25, 0.3) is 0 Å². The van der Waals surface area contributed by atoms with Crippen molar-refractivity contribution < 1.29 is 24.2 Å². The second-order valence-electron chi connectivity index (χ2n) is 6.19. The van der Waals surface area contributed by atoms with Gasteiger partial charge >= 0.3 is 0 Å². The summed E-state index contributed by atoms with van der Waals surface area (Å²) in [6.07, 6.45) is 1.92. The maximum absolute atomic E-state index is 10.2. The molecule has 0 aromatic heterocycles. The van der Waals surface area contributed by atoms with Crippen LogP contribution in [0.3, 0.4) is 0 Å². The zero-order valence-electron chi connectivity index (χ0n) is 14.1. The smallest absolute Gasteiger partial charge is 0.126 e. The summed E-state index contributed by atoms with van der Waals surface area (Å²) in [4.78, 5) is 1.30. The van der Waals surface area contributed by atoms with E-state index in [1.165, 1.54) is 10.5 Å². The van der Waals surface area contributed by atoms with E-state index in [-0.39, 0.29) is 6.10 Å². The van der Waals surface area contributed by atoms with Crippen LogP contribution in [0, 0.1) is 0 Å². The van der Waals surface area contributed by atoms with E-state index >= 15 is 0 Å². The Labute approximate surface area is 139 Å². The summed E-state index contributed by atoms with van der Waals surface area (Å²) in [5.41, 5.74) is 1.27. The molecular weight excluding hydrogens is 294 g/mol. The van der Waals surface area contributed by atoms with Crippen molar-refractivity contribution in [3.8, 4) is 0 Å². The van der Waals surface area contributed by atoms with Crippen molar-refractivity contribution in [1.29, 1.82) is 0 Å². The van der Waals surface area contributed by atoms with Crippen LogP contribution in [0.4, 0.5) is 0 Å². The first-order valence-corrected chi connectivity index (χ1v) is 8.51. The molecule has 2 N–H and O–H groups in total. The summed E-state index contributed by atoms with van der Waals surface area (Å²) < 4.78 is 16.3. The lowest BCUT2D eigenvalue weighted by Crippen LogP contribution is -3.12. The van der Waals surface area contributed by atoms with Gasteiger partial charge < -0.3 is 24.2 Å². The predicted molar refractivity (Wildman–Crippen MR) is 88.5 cm³/mol. The highest BCUT2D eigenvalue weighted by Gasteiger charge is 2.19. The number of hydrogen-bond acceptors (Lipinski definition) is 4. The van der Waals surface area contributed by atoms with Crippen molar-refractivity contribution in [2.75, 3.05) is 46.6 Å². The van der Waals surface area contributed by atoms with Crippen LogP contribution in [0.15, 0.2) is 30.3 Å². The summed E-state index contributed by atoms with van der Waals surface area (Å²) in [7, 11) is 1.71. The van der Waals surface area contributed by atoms with Gasteiger partial charge in [-0.2, -0.15) is 0 Å². The summed E-state index contributed by atoms with van der Waals surface area (Å²) in [5, 5.41) is 10.2. The normalized spacial score (nSPS) is 20.5. The van der Waals surface area contributed by atoms with Crippen LogP contribution in [0.1, 0.15) is 18.4 Å². The van der Waals surface area contributed by atoms with Gasteiger partial charge in [-0.25, -0.2) is 0 Å². The van der Waals surface area contributed by atoms with Crippen LogP contribution in [-0.4, -0.2) is 63.9 Å². The van der Waals surface area contributed by atoms with Gasteiger partial charge in [-0.05, 0) is 12.8 Å². The summed E-state index contributed by atoms with van der Waals surface area (Å²) in [6.45, 7) is 4.88. The molecular formula is C18H30NO4+. The Morgan fingerprint density at radius 1 is 1.35 bits per heavy atom. The third kappa shape index (κ3) is 7.42. The van der Waals surface area contributed by atoms with E-state index in [0.29, 0.717) is 26.4 Å². The number of rotatable bonds is 11. The maximum atomic E-state index is 10.2. The standard InChI is InChI=1S/C18H29NO4/c1-21-11-9-19(12-16-6-3-2-4-7-16)13-17(20)14-22-15-18-8-5-10-23-18/h2-4,6-7,17-18,20H,5,8-15H2,1H3/p+1/t17-,18+/m1/s1. The molecule has 1 aromatic rings. The van der Waals surface area contributed by atoms with Crippen molar-refractivity contribution in [3.05, 3.63) is 35.9 Å². The van der Waals surface area contributed by atoms with Gasteiger partial charge in [0.15, 0.2) is 0 Å². The molecule has 0 bridgehead atoms. The molecule has 0 aliphatic carbocycles. The molecule has 1 aliphatic rings. The largest absolute Gasteiger partial charge is 0.385 e. The lowest BCUT2D eigenvalue weighted by Gasteiger charge is -2.22. The van der Waals surface area contributed by atoms with E-state index in [1.807, 2.05) is 18.2 Å². The topological polar surface area (TPSA) is 52.4 Å². The van der Waals surface area contributed by atoms with E-state index < -0.39 is 6.10 Å². The first-order valence-electron chi connectivity index (χ1n) is 8.51. The van der Waals surface area contributed by atoms with Gasteiger partial charge in [-0.1, -0.05) is 30.3 Å². The average molecular weight is 324 g/mol. The second kappa shape index (κ2) is 10.7. The van der Waals surface area contributed by atoms with Crippen molar-refractivity contribution in [1.82, 2.24) is 0 Å². The third-order valence-electron chi connectivity index (χ3n) is 4.12. The second-order valence-corrected chi connectivity index (χ2v) is 6.19. The molecule has 0 amide bonds. The lowest BCUT2D eigenvalue weighted by atomic mass is 10.2. The molecule has 1 unspecified atom stereocenters. The van der Waals surface area contributed by atoms with E-state index in [9.17, 15) is 5.11 Å². The van der Waals surface area contributed by atoms with Gasteiger partial charge in [0.2, 0.25) is 0 Å². The van der Waals surface area contributed by atoms with Crippen LogP contribution >= 0.6 is 0 Å². The molecule has 23 heavy (non-hydrogen) atoms. The van der Waals surface area contributed by atoms with Gasteiger partial charge in [0, 0.05) is 19.3 Å². The first kappa shape index (κ1) is 18.4. The molecule has 0 saturated carbocycles. The molecule has 5 nitrogen and oxygen atoms in total. The van der Waals surface area contributed by atoms with E-state index in [1.54, 1.807) is 7.11 Å². The Hall–Kier alpha value is -0.980. The third-order valence-corrected chi connectivity index (χ3v) is 4.12. The molecule has 3 atom stereocenters. The van der Waals surface area contributed by atoms with Gasteiger partial charge in [-0.3, -0.25) is 0 Å². The zero-order valence-corrected chi connectivity index (χ0v) is 14.1.